The average Bonchev–Trinajstić information content (AvgIpc) is 2.79. The van der Waals surface area contributed by atoms with E-state index in [1.54, 1.807) is 0 Å². The largest absolute Gasteiger partial charge is 0.339 e. The lowest BCUT2D eigenvalue weighted by molar-refractivity contribution is -0.138. The molecule has 22 heavy (non-hydrogen) atoms. The summed E-state index contributed by atoms with van der Waals surface area (Å²) in [6.45, 7) is 7.27. The van der Waals surface area contributed by atoms with Gasteiger partial charge >= 0.3 is 0 Å². The smallest absolute Gasteiger partial charge is 0.226 e. The molecular weight excluding hydrogens is 296 g/mol. The van der Waals surface area contributed by atoms with Crippen molar-refractivity contribution in [2.75, 3.05) is 19.6 Å². The molecule has 1 amide bonds. The fourth-order valence-electron chi connectivity index (χ4n) is 3.63. The highest BCUT2D eigenvalue weighted by Gasteiger charge is 2.38. The zero-order chi connectivity index (χ0) is 14.8. The van der Waals surface area contributed by atoms with E-state index in [0.29, 0.717) is 23.8 Å². The number of carbonyl (C=O) groups excluding carboxylic acids is 1. The van der Waals surface area contributed by atoms with Crippen molar-refractivity contribution >= 4 is 18.3 Å². The van der Waals surface area contributed by atoms with E-state index in [2.05, 4.69) is 54.4 Å². The van der Waals surface area contributed by atoms with Crippen LogP contribution in [0.4, 0.5) is 0 Å². The molecule has 3 unspecified atom stereocenters. The Balaban J connectivity index is 0.00000176. The molecule has 3 nitrogen and oxygen atoms in total. The average molecular weight is 323 g/mol. The van der Waals surface area contributed by atoms with Crippen molar-refractivity contribution in [2.45, 2.75) is 32.7 Å². The van der Waals surface area contributed by atoms with Crippen LogP contribution in [0.3, 0.4) is 0 Å². The third-order valence-corrected chi connectivity index (χ3v) is 5.45. The molecule has 2 aliphatic heterocycles. The second-order valence-electron chi connectivity index (χ2n) is 6.72. The number of nitrogens with zero attached hydrogens (tertiary/aromatic N) is 1. The van der Waals surface area contributed by atoms with Crippen molar-refractivity contribution in [3.05, 3.63) is 35.9 Å². The molecule has 1 N–H and O–H groups in total. The van der Waals surface area contributed by atoms with Crippen molar-refractivity contribution in [1.29, 1.82) is 0 Å². The van der Waals surface area contributed by atoms with Crippen LogP contribution in [0.5, 0.6) is 0 Å². The van der Waals surface area contributed by atoms with Crippen LogP contribution in [0, 0.1) is 17.8 Å². The van der Waals surface area contributed by atoms with Gasteiger partial charge in [-0.25, -0.2) is 0 Å². The van der Waals surface area contributed by atoms with Crippen LogP contribution in [0.2, 0.25) is 0 Å². The molecule has 1 aromatic rings. The number of benzene rings is 1. The summed E-state index contributed by atoms with van der Waals surface area (Å²) in [5, 5.41) is 3.27. The van der Waals surface area contributed by atoms with E-state index in [1.807, 2.05) is 0 Å². The van der Waals surface area contributed by atoms with Gasteiger partial charge in [-0.15, -0.1) is 12.4 Å². The number of hydrogen-bond donors (Lipinski definition) is 1. The first kappa shape index (κ1) is 17.3. The number of nitrogens with one attached hydrogen (secondary N) is 1. The zero-order valence-corrected chi connectivity index (χ0v) is 14.3. The van der Waals surface area contributed by atoms with Crippen LogP contribution >= 0.6 is 12.4 Å². The molecule has 2 aliphatic rings. The third-order valence-electron chi connectivity index (χ3n) is 5.45. The molecule has 2 heterocycles. The molecule has 3 rings (SSSR count). The van der Waals surface area contributed by atoms with E-state index in [4.69, 9.17) is 0 Å². The summed E-state index contributed by atoms with van der Waals surface area (Å²) in [5.74, 6) is 1.68. The fourth-order valence-corrected chi connectivity index (χ4v) is 3.63. The Bertz CT molecular complexity index is 489. The number of rotatable bonds is 4. The van der Waals surface area contributed by atoms with E-state index in [-0.39, 0.29) is 18.3 Å². The number of likely N-dealkylation sites (tertiary alicyclic amines) is 1. The van der Waals surface area contributed by atoms with Crippen LogP contribution in [0.15, 0.2) is 30.3 Å². The predicted molar refractivity (Wildman–Crippen MR) is 92.2 cm³/mol. The van der Waals surface area contributed by atoms with Gasteiger partial charge in [-0.2, -0.15) is 0 Å². The van der Waals surface area contributed by atoms with E-state index in [1.165, 1.54) is 5.56 Å². The molecule has 0 aromatic heterocycles. The highest BCUT2D eigenvalue weighted by Crippen LogP contribution is 2.30. The summed E-state index contributed by atoms with van der Waals surface area (Å²) >= 11 is 0. The fraction of sp³-hybridized carbons (Fsp3) is 0.611. The van der Waals surface area contributed by atoms with Gasteiger partial charge in [0.05, 0.1) is 0 Å². The summed E-state index contributed by atoms with van der Waals surface area (Å²) in [6, 6.07) is 11.0. The molecule has 0 saturated carbocycles. The minimum atomic E-state index is 0. The molecule has 3 atom stereocenters. The van der Waals surface area contributed by atoms with Crippen molar-refractivity contribution in [3.63, 3.8) is 0 Å². The number of amides is 1. The third kappa shape index (κ3) is 3.47. The van der Waals surface area contributed by atoms with E-state index >= 15 is 0 Å². The SMILES string of the molecule is CC(C(=O)N1CCC(Cc2ccccc2)C1C)C1CNC1.Cl. The molecule has 0 radical (unpaired) electrons. The molecule has 2 fully saturated rings. The van der Waals surface area contributed by atoms with Crippen LogP contribution < -0.4 is 5.32 Å². The van der Waals surface area contributed by atoms with Gasteiger partial charge in [-0.3, -0.25) is 4.79 Å². The Kier molecular flexibility index (Phi) is 5.87. The first-order valence-corrected chi connectivity index (χ1v) is 8.22. The Hall–Kier alpha value is -1.06. The summed E-state index contributed by atoms with van der Waals surface area (Å²) < 4.78 is 0. The lowest BCUT2D eigenvalue weighted by Gasteiger charge is -2.35. The van der Waals surface area contributed by atoms with E-state index in [0.717, 1.165) is 32.5 Å². The maximum atomic E-state index is 12.7. The normalized spacial score (nSPS) is 26.2. The monoisotopic (exact) mass is 322 g/mol. The maximum Gasteiger partial charge on any atom is 0.226 e. The Morgan fingerprint density at radius 3 is 2.59 bits per heavy atom. The van der Waals surface area contributed by atoms with Crippen molar-refractivity contribution in [1.82, 2.24) is 10.2 Å². The molecular formula is C18H27ClN2O. The molecule has 122 valence electrons. The van der Waals surface area contributed by atoms with Gasteiger partial charge < -0.3 is 10.2 Å². The summed E-state index contributed by atoms with van der Waals surface area (Å²) in [7, 11) is 0. The van der Waals surface area contributed by atoms with Crippen LogP contribution in [-0.2, 0) is 11.2 Å². The summed E-state index contributed by atoms with van der Waals surface area (Å²) in [6.07, 6.45) is 2.22. The Morgan fingerprint density at radius 1 is 1.32 bits per heavy atom. The topological polar surface area (TPSA) is 32.3 Å². The van der Waals surface area contributed by atoms with Gasteiger partial charge in [0.1, 0.15) is 0 Å². The van der Waals surface area contributed by atoms with Gasteiger partial charge in [0.2, 0.25) is 5.91 Å². The predicted octanol–water partition coefficient (Wildman–Crippen LogP) is 2.74. The van der Waals surface area contributed by atoms with Crippen molar-refractivity contribution in [2.24, 2.45) is 17.8 Å². The highest BCUT2D eigenvalue weighted by molar-refractivity contribution is 5.85. The second kappa shape index (κ2) is 7.47. The molecule has 0 aliphatic carbocycles. The lowest BCUT2D eigenvalue weighted by Crippen LogP contribution is -2.51. The number of carbonyl (C=O) groups is 1. The molecule has 0 bridgehead atoms. The summed E-state index contributed by atoms with van der Waals surface area (Å²) in [5.41, 5.74) is 1.39. The van der Waals surface area contributed by atoms with Gasteiger partial charge in [0.25, 0.3) is 0 Å². The van der Waals surface area contributed by atoms with Crippen LogP contribution in [0.25, 0.3) is 0 Å². The first-order chi connectivity index (χ1) is 10.2. The molecule has 2 saturated heterocycles. The molecule has 4 heteroatoms. The second-order valence-corrected chi connectivity index (χ2v) is 6.72. The maximum absolute atomic E-state index is 12.7. The Morgan fingerprint density at radius 2 is 2.00 bits per heavy atom. The lowest BCUT2D eigenvalue weighted by atomic mass is 9.87. The quantitative estimate of drug-likeness (QED) is 0.924. The van der Waals surface area contributed by atoms with Crippen LogP contribution in [0.1, 0.15) is 25.8 Å². The minimum absolute atomic E-state index is 0. The van der Waals surface area contributed by atoms with Crippen molar-refractivity contribution < 1.29 is 4.79 Å². The molecule has 1 aromatic carbocycles. The first-order valence-electron chi connectivity index (χ1n) is 8.22. The van der Waals surface area contributed by atoms with Gasteiger partial charge in [-0.1, -0.05) is 37.3 Å². The van der Waals surface area contributed by atoms with Crippen LogP contribution in [-0.4, -0.2) is 36.5 Å². The van der Waals surface area contributed by atoms with Gasteiger partial charge in [0, 0.05) is 18.5 Å². The standard InChI is InChI=1S/C18H26N2O.ClH/c1-13(17-11-19-12-17)18(21)20-9-8-16(14(20)2)10-15-6-4-3-5-7-15;/h3-7,13-14,16-17,19H,8-12H2,1-2H3;1H. The molecule has 0 spiro atoms. The van der Waals surface area contributed by atoms with E-state index < -0.39 is 0 Å². The van der Waals surface area contributed by atoms with E-state index in [9.17, 15) is 4.79 Å². The van der Waals surface area contributed by atoms with Crippen molar-refractivity contribution in [3.8, 4) is 0 Å². The number of halogens is 1. The minimum Gasteiger partial charge on any atom is -0.339 e. The van der Waals surface area contributed by atoms with Gasteiger partial charge in [0.15, 0.2) is 0 Å². The Labute approximate surface area is 139 Å². The van der Waals surface area contributed by atoms with Gasteiger partial charge in [-0.05, 0) is 50.3 Å². The highest BCUT2D eigenvalue weighted by atomic mass is 35.5. The number of hydrogen-bond acceptors (Lipinski definition) is 2. The summed E-state index contributed by atoms with van der Waals surface area (Å²) in [4.78, 5) is 14.8. The zero-order valence-electron chi connectivity index (χ0n) is 13.5.